The maximum Gasteiger partial charge on any atom is 0.315 e. The molecule has 1 aliphatic rings. The van der Waals surface area contributed by atoms with Crippen LogP contribution in [-0.4, -0.2) is 35.5 Å². The molecule has 1 heterocycles. The number of likely N-dealkylation sites (tertiary alicyclic amines) is 1. The van der Waals surface area contributed by atoms with Crippen LogP contribution in [0.4, 0.5) is 9.18 Å². The molecule has 2 rings (SSSR count). The highest BCUT2D eigenvalue weighted by Crippen LogP contribution is 2.17. The summed E-state index contributed by atoms with van der Waals surface area (Å²) in [5.41, 5.74) is 0.796. The lowest BCUT2D eigenvalue weighted by molar-refractivity contribution is -0.136. The SMILES string of the molecule is C[C@H](NC(=O)NCc1ccc(F)cc1)C(=O)N1CCCC[C@@H]1C. The fraction of sp³-hybridized carbons (Fsp3) is 0.529. The zero-order chi connectivity index (χ0) is 16.8. The van der Waals surface area contributed by atoms with Gasteiger partial charge in [0.25, 0.3) is 0 Å². The van der Waals surface area contributed by atoms with Gasteiger partial charge in [-0.25, -0.2) is 9.18 Å². The fourth-order valence-corrected chi connectivity index (χ4v) is 2.77. The van der Waals surface area contributed by atoms with E-state index in [1.807, 2.05) is 11.8 Å². The first-order valence-corrected chi connectivity index (χ1v) is 8.06. The molecule has 0 saturated carbocycles. The van der Waals surface area contributed by atoms with Gasteiger partial charge in [0.15, 0.2) is 0 Å². The van der Waals surface area contributed by atoms with E-state index >= 15 is 0 Å². The van der Waals surface area contributed by atoms with Crippen LogP contribution in [0.15, 0.2) is 24.3 Å². The first-order chi connectivity index (χ1) is 11.0. The van der Waals surface area contributed by atoms with Crippen molar-refractivity contribution in [2.45, 2.75) is 51.7 Å². The highest BCUT2D eigenvalue weighted by atomic mass is 19.1. The molecule has 0 aromatic heterocycles. The average molecular weight is 321 g/mol. The standard InChI is InChI=1S/C17H24FN3O2/c1-12-5-3-4-10-21(12)16(22)13(2)20-17(23)19-11-14-6-8-15(18)9-7-14/h6-9,12-13H,3-5,10-11H2,1-2H3,(H2,19,20,23)/t12-,13-/m0/s1. The second-order valence-corrected chi connectivity index (χ2v) is 6.05. The van der Waals surface area contributed by atoms with Crippen LogP contribution < -0.4 is 10.6 Å². The molecule has 2 N–H and O–H groups in total. The van der Waals surface area contributed by atoms with Crippen LogP contribution in [0.1, 0.15) is 38.7 Å². The number of nitrogens with zero attached hydrogens (tertiary/aromatic N) is 1. The van der Waals surface area contributed by atoms with Gasteiger partial charge in [0.1, 0.15) is 11.9 Å². The maximum absolute atomic E-state index is 12.8. The van der Waals surface area contributed by atoms with Gasteiger partial charge in [-0.3, -0.25) is 4.79 Å². The van der Waals surface area contributed by atoms with E-state index in [4.69, 9.17) is 0 Å². The number of halogens is 1. The van der Waals surface area contributed by atoms with Crippen molar-refractivity contribution in [3.8, 4) is 0 Å². The number of hydrogen-bond acceptors (Lipinski definition) is 2. The van der Waals surface area contributed by atoms with E-state index in [0.29, 0.717) is 0 Å². The third kappa shape index (κ3) is 4.94. The molecule has 1 saturated heterocycles. The van der Waals surface area contributed by atoms with Gasteiger partial charge in [0, 0.05) is 19.1 Å². The van der Waals surface area contributed by atoms with E-state index in [0.717, 1.165) is 31.4 Å². The lowest BCUT2D eigenvalue weighted by atomic mass is 10.0. The Kier molecular flexibility index (Phi) is 5.96. The average Bonchev–Trinajstić information content (AvgIpc) is 2.54. The summed E-state index contributed by atoms with van der Waals surface area (Å²) in [5, 5.41) is 5.34. The van der Waals surface area contributed by atoms with Gasteiger partial charge in [-0.1, -0.05) is 12.1 Å². The molecule has 1 aliphatic heterocycles. The maximum atomic E-state index is 12.8. The van der Waals surface area contributed by atoms with Crippen LogP contribution in [0.3, 0.4) is 0 Å². The van der Waals surface area contributed by atoms with Crippen molar-refractivity contribution in [2.75, 3.05) is 6.54 Å². The summed E-state index contributed by atoms with van der Waals surface area (Å²) < 4.78 is 12.8. The van der Waals surface area contributed by atoms with Crippen LogP contribution in [0.2, 0.25) is 0 Å². The van der Waals surface area contributed by atoms with Crippen molar-refractivity contribution >= 4 is 11.9 Å². The molecule has 23 heavy (non-hydrogen) atoms. The quantitative estimate of drug-likeness (QED) is 0.894. The summed E-state index contributed by atoms with van der Waals surface area (Å²) in [5.74, 6) is -0.359. The van der Waals surface area contributed by atoms with Crippen molar-refractivity contribution in [1.29, 1.82) is 0 Å². The van der Waals surface area contributed by atoms with E-state index in [1.165, 1.54) is 12.1 Å². The van der Waals surface area contributed by atoms with Crippen molar-refractivity contribution in [3.05, 3.63) is 35.6 Å². The monoisotopic (exact) mass is 321 g/mol. The molecular formula is C17H24FN3O2. The molecule has 0 aliphatic carbocycles. The first-order valence-electron chi connectivity index (χ1n) is 8.06. The summed E-state index contributed by atoms with van der Waals surface area (Å²) in [4.78, 5) is 26.1. The minimum Gasteiger partial charge on any atom is -0.338 e. The van der Waals surface area contributed by atoms with Crippen LogP contribution in [0.25, 0.3) is 0 Å². The Balaban J connectivity index is 1.79. The predicted molar refractivity (Wildman–Crippen MR) is 86.3 cm³/mol. The van der Waals surface area contributed by atoms with Crippen molar-refractivity contribution < 1.29 is 14.0 Å². The molecule has 126 valence electrons. The molecule has 0 spiro atoms. The van der Waals surface area contributed by atoms with Crippen molar-refractivity contribution in [1.82, 2.24) is 15.5 Å². The van der Waals surface area contributed by atoms with Gasteiger partial charge in [0.05, 0.1) is 0 Å². The topological polar surface area (TPSA) is 61.4 Å². The molecule has 3 amide bonds. The third-order valence-electron chi connectivity index (χ3n) is 4.17. The normalized spacial score (nSPS) is 19.1. The van der Waals surface area contributed by atoms with Gasteiger partial charge >= 0.3 is 6.03 Å². The fourth-order valence-electron chi connectivity index (χ4n) is 2.77. The molecule has 0 radical (unpaired) electrons. The molecule has 5 nitrogen and oxygen atoms in total. The number of hydrogen-bond donors (Lipinski definition) is 2. The van der Waals surface area contributed by atoms with Crippen molar-refractivity contribution in [2.24, 2.45) is 0 Å². The molecule has 0 unspecified atom stereocenters. The minimum atomic E-state index is -0.566. The Morgan fingerprint density at radius 3 is 2.65 bits per heavy atom. The van der Waals surface area contributed by atoms with Gasteiger partial charge in [-0.05, 0) is 50.8 Å². The molecule has 1 aromatic carbocycles. The van der Waals surface area contributed by atoms with Gasteiger partial charge in [-0.15, -0.1) is 0 Å². The van der Waals surface area contributed by atoms with E-state index < -0.39 is 12.1 Å². The molecular weight excluding hydrogens is 297 g/mol. The summed E-state index contributed by atoms with van der Waals surface area (Å²) in [6, 6.07) is 5.17. The number of amides is 3. The number of piperidine rings is 1. The molecule has 2 atom stereocenters. The lowest BCUT2D eigenvalue weighted by Crippen LogP contribution is -2.53. The number of carbonyl (C=O) groups excluding carboxylic acids is 2. The second kappa shape index (κ2) is 7.94. The van der Waals surface area contributed by atoms with E-state index in [1.54, 1.807) is 19.1 Å². The van der Waals surface area contributed by atoms with Gasteiger partial charge in [-0.2, -0.15) is 0 Å². The minimum absolute atomic E-state index is 0.0471. The highest BCUT2D eigenvalue weighted by molar-refractivity contribution is 5.86. The number of rotatable bonds is 4. The van der Waals surface area contributed by atoms with Crippen LogP contribution in [0, 0.1) is 5.82 Å². The first kappa shape index (κ1) is 17.2. The predicted octanol–water partition coefficient (Wildman–Crippen LogP) is 2.41. The van der Waals surface area contributed by atoms with Gasteiger partial charge in [0.2, 0.25) is 5.91 Å². The zero-order valence-corrected chi connectivity index (χ0v) is 13.6. The molecule has 1 fully saturated rings. The van der Waals surface area contributed by atoms with Gasteiger partial charge < -0.3 is 15.5 Å². The van der Waals surface area contributed by atoms with Crippen LogP contribution in [-0.2, 0) is 11.3 Å². The van der Waals surface area contributed by atoms with E-state index in [-0.39, 0.29) is 24.3 Å². The van der Waals surface area contributed by atoms with Crippen LogP contribution in [0.5, 0.6) is 0 Å². The van der Waals surface area contributed by atoms with E-state index in [2.05, 4.69) is 10.6 Å². The summed E-state index contributed by atoms with van der Waals surface area (Å²) in [6.07, 6.45) is 3.17. The lowest BCUT2D eigenvalue weighted by Gasteiger charge is -2.35. The zero-order valence-electron chi connectivity index (χ0n) is 13.6. The Labute approximate surface area is 136 Å². The number of carbonyl (C=O) groups is 2. The molecule has 0 bridgehead atoms. The second-order valence-electron chi connectivity index (χ2n) is 6.05. The Bertz CT molecular complexity index is 547. The largest absolute Gasteiger partial charge is 0.338 e. The Hall–Kier alpha value is -2.11. The Morgan fingerprint density at radius 2 is 2.00 bits per heavy atom. The number of benzene rings is 1. The third-order valence-corrected chi connectivity index (χ3v) is 4.17. The smallest absolute Gasteiger partial charge is 0.315 e. The number of nitrogens with one attached hydrogen (secondary N) is 2. The molecule has 1 aromatic rings. The summed E-state index contributed by atoms with van der Waals surface area (Å²) >= 11 is 0. The molecule has 6 heteroatoms. The summed E-state index contributed by atoms with van der Waals surface area (Å²) in [6.45, 7) is 4.77. The van der Waals surface area contributed by atoms with Crippen LogP contribution >= 0.6 is 0 Å². The van der Waals surface area contributed by atoms with E-state index in [9.17, 15) is 14.0 Å². The number of urea groups is 1. The van der Waals surface area contributed by atoms with Crippen molar-refractivity contribution in [3.63, 3.8) is 0 Å². The Morgan fingerprint density at radius 1 is 1.30 bits per heavy atom. The highest BCUT2D eigenvalue weighted by Gasteiger charge is 2.27. The summed E-state index contributed by atoms with van der Waals surface area (Å²) in [7, 11) is 0.